The van der Waals surface area contributed by atoms with Crippen LogP contribution in [0.5, 0.6) is 0 Å². The van der Waals surface area contributed by atoms with Crippen LogP contribution in [0.3, 0.4) is 0 Å². The summed E-state index contributed by atoms with van der Waals surface area (Å²) in [4.78, 5) is 19.9. The molecule has 2 rings (SSSR count). The molecule has 2 aromatic rings. The van der Waals surface area contributed by atoms with Crippen molar-refractivity contribution >= 4 is 40.8 Å². The fourth-order valence-corrected chi connectivity index (χ4v) is 2.58. The first-order valence-corrected chi connectivity index (χ1v) is 5.94. The Morgan fingerprint density at radius 1 is 1.31 bits per heavy atom. The van der Waals surface area contributed by atoms with Crippen LogP contribution in [0.25, 0.3) is 10.6 Å². The number of hydrogen-bond donors (Lipinski definition) is 0. The first-order valence-electron chi connectivity index (χ1n) is 4.37. The van der Waals surface area contributed by atoms with Crippen molar-refractivity contribution in [3.05, 3.63) is 33.0 Å². The molecule has 0 fully saturated rings. The quantitative estimate of drug-likeness (QED) is 0.619. The van der Waals surface area contributed by atoms with Gasteiger partial charge in [0.2, 0.25) is 0 Å². The normalized spacial score (nSPS) is 10.4. The lowest BCUT2D eigenvalue weighted by atomic mass is 10.2. The smallest absolute Gasteiger partial charge is 0.155 e. The Morgan fingerprint density at radius 2 is 2.06 bits per heavy atom. The third-order valence-electron chi connectivity index (χ3n) is 1.94. The topological polar surface area (TPSA) is 42.9 Å². The molecule has 0 aliphatic rings. The molecule has 82 valence electrons. The van der Waals surface area contributed by atoms with Gasteiger partial charge in [0.15, 0.2) is 6.29 Å². The minimum Gasteiger partial charge on any atom is -0.298 e. The summed E-state index contributed by atoms with van der Waals surface area (Å²) >= 11 is 13.1. The van der Waals surface area contributed by atoms with Crippen LogP contribution in [-0.2, 0) is 0 Å². The van der Waals surface area contributed by atoms with E-state index < -0.39 is 0 Å². The molecule has 3 nitrogen and oxygen atoms in total. The SMILES string of the molecule is Cc1nc(Cl)c(C=O)c(-c2ccc(Cl)s2)n1. The molecule has 0 aromatic carbocycles. The van der Waals surface area contributed by atoms with E-state index in [-0.39, 0.29) is 5.15 Å². The Morgan fingerprint density at radius 3 is 2.62 bits per heavy atom. The van der Waals surface area contributed by atoms with Crippen LogP contribution < -0.4 is 0 Å². The molecule has 6 heteroatoms. The fraction of sp³-hybridized carbons (Fsp3) is 0.100. The number of aromatic nitrogens is 2. The lowest BCUT2D eigenvalue weighted by molar-refractivity contribution is 0.112. The van der Waals surface area contributed by atoms with E-state index in [0.29, 0.717) is 27.7 Å². The number of carbonyl (C=O) groups excluding carboxylic acids is 1. The van der Waals surface area contributed by atoms with Crippen molar-refractivity contribution in [2.24, 2.45) is 0 Å². The Kier molecular flexibility index (Phi) is 3.23. The molecular weight excluding hydrogens is 267 g/mol. The molecule has 0 atom stereocenters. The average Bonchev–Trinajstić information content (AvgIpc) is 2.63. The van der Waals surface area contributed by atoms with Gasteiger partial charge in [-0.2, -0.15) is 0 Å². The summed E-state index contributed by atoms with van der Waals surface area (Å²) in [5.74, 6) is 0.523. The number of thiophene rings is 1. The Hall–Kier alpha value is -0.970. The number of halogens is 2. The third kappa shape index (κ3) is 2.09. The number of nitrogens with zero attached hydrogens (tertiary/aromatic N) is 2. The van der Waals surface area contributed by atoms with E-state index in [0.717, 1.165) is 4.88 Å². The first-order chi connectivity index (χ1) is 7.61. The van der Waals surface area contributed by atoms with Gasteiger partial charge in [-0.25, -0.2) is 9.97 Å². The van der Waals surface area contributed by atoms with Crippen LogP contribution in [0, 0.1) is 6.92 Å². The maximum absolute atomic E-state index is 10.9. The van der Waals surface area contributed by atoms with Crippen molar-refractivity contribution in [3.8, 4) is 10.6 Å². The van der Waals surface area contributed by atoms with Crippen LogP contribution in [0.2, 0.25) is 9.49 Å². The maximum Gasteiger partial charge on any atom is 0.155 e. The van der Waals surface area contributed by atoms with Crippen LogP contribution in [0.15, 0.2) is 12.1 Å². The van der Waals surface area contributed by atoms with Gasteiger partial charge in [-0.05, 0) is 19.1 Å². The van der Waals surface area contributed by atoms with Crippen LogP contribution in [0.4, 0.5) is 0 Å². The molecule has 2 aromatic heterocycles. The summed E-state index contributed by atoms with van der Waals surface area (Å²) in [6, 6.07) is 3.56. The van der Waals surface area contributed by atoms with Crippen molar-refractivity contribution in [2.45, 2.75) is 6.92 Å². The van der Waals surface area contributed by atoms with Crippen molar-refractivity contribution in [1.82, 2.24) is 9.97 Å². The standard InChI is InChI=1S/C10H6Cl2N2OS/c1-5-13-9(6(4-15)10(12)14-5)7-2-3-8(11)16-7/h2-4H,1H3. The Labute approximate surface area is 106 Å². The lowest BCUT2D eigenvalue weighted by Gasteiger charge is -2.03. The minimum atomic E-state index is 0.169. The van der Waals surface area contributed by atoms with E-state index in [2.05, 4.69) is 9.97 Å². The molecule has 0 amide bonds. The van der Waals surface area contributed by atoms with Crippen molar-refractivity contribution in [2.75, 3.05) is 0 Å². The summed E-state index contributed by atoms with van der Waals surface area (Å²) in [5.41, 5.74) is 0.829. The van der Waals surface area contributed by atoms with Gasteiger partial charge in [-0.1, -0.05) is 23.2 Å². The van der Waals surface area contributed by atoms with E-state index >= 15 is 0 Å². The number of hydrogen-bond acceptors (Lipinski definition) is 4. The lowest BCUT2D eigenvalue weighted by Crippen LogP contribution is -1.98. The van der Waals surface area contributed by atoms with Crippen molar-refractivity contribution in [1.29, 1.82) is 0 Å². The number of aldehydes is 1. The summed E-state index contributed by atoms with van der Waals surface area (Å²) in [6.07, 6.45) is 0.657. The van der Waals surface area contributed by atoms with Crippen LogP contribution in [0.1, 0.15) is 16.2 Å². The third-order valence-corrected chi connectivity index (χ3v) is 3.46. The summed E-state index contributed by atoms with van der Waals surface area (Å²) in [6.45, 7) is 1.72. The maximum atomic E-state index is 10.9. The van der Waals surface area contributed by atoms with Gasteiger partial charge < -0.3 is 0 Å². The van der Waals surface area contributed by atoms with E-state index in [9.17, 15) is 4.79 Å². The average molecular weight is 273 g/mol. The Balaban J connectivity index is 2.67. The van der Waals surface area contributed by atoms with Crippen molar-refractivity contribution in [3.63, 3.8) is 0 Å². The number of carbonyl (C=O) groups is 1. The molecule has 0 bridgehead atoms. The second-order valence-electron chi connectivity index (χ2n) is 3.05. The second kappa shape index (κ2) is 4.49. The van der Waals surface area contributed by atoms with E-state index in [1.54, 1.807) is 19.1 Å². The molecule has 0 spiro atoms. The molecule has 0 unspecified atom stereocenters. The zero-order chi connectivity index (χ0) is 11.7. The molecule has 16 heavy (non-hydrogen) atoms. The van der Waals surface area contributed by atoms with Crippen LogP contribution in [-0.4, -0.2) is 16.3 Å². The van der Waals surface area contributed by atoms with E-state index in [1.807, 2.05) is 0 Å². The molecule has 0 aliphatic heterocycles. The highest BCUT2D eigenvalue weighted by atomic mass is 35.5. The van der Waals surface area contributed by atoms with Gasteiger partial charge in [0.05, 0.1) is 20.5 Å². The summed E-state index contributed by atoms with van der Waals surface area (Å²) < 4.78 is 0.638. The summed E-state index contributed by atoms with van der Waals surface area (Å²) in [7, 11) is 0. The Bertz CT molecular complexity index is 554. The fourth-order valence-electron chi connectivity index (χ4n) is 1.28. The summed E-state index contributed by atoms with van der Waals surface area (Å²) in [5, 5.41) is 0.169. The molecule has 0 aliphatic carbocycles. The highest BCUT2D eigenvalue weighted by Gasteiger charge is 2.14. The zero-order valence-electron chi connectivity index (χ0n) is 8.20. The monoisotopic (exact) mass is 272 g/mol. The van der Waals surface area contributed by atoms with E-state index in [1.165, 1.54) is 11.3 Å². The predicted molar refractivity (Wildman–Crippen MR) is 65.5 cm³/mol. The largest absolute Gasteiger partial charge is 0.298 e. The van der Waals surface area contributed by atoms with Gasteiger partial charge in [0.25, 0.3) is 0 Å². The molecule has 2 heterocycles. The minimum absolute atomic E-state index is 0.169. The van der Waals surface area contributed by atoms with Gasteiger partial charge in [-0.3, -0.25) is 4.79 Å². The zero-order valence-corrected chi connectivity index (χ0v) is 10.5. The number of aryl methyl sites for hydroxylation is 1. The van der Waals surface area contributed by atoms with Gasteiger partial charge in [-0.15, -0.1) is 11.3 Å². The highest BCUT2D eigenvalue weighted by Crippen LogP contribution is 2.33. The second-order valence-corrected chi connectivity index (χ2v) is 5.12. The first kappa shape index (κ1) is 11.5. The van der Waals surface area contributed by atoms with Gasteiger partial charge in [0, 0.05) is 0 Å². The van der Waals surface area contributed by atoms with Crippen LogP contribution >= 0.6 is 34.5 Å². The molecule has 0 saturated carbocycles. The number of rotatable bonds is 2. The molecule has 0 radical (unpaired) electrons. The predicted octanol–water partition coefficient (Wildman–Crippen LogP) is 3.63. The molecule has 0 saturated heterocycles. The van der Waals surface area contributed by atoms with E-state index in [4.69, 9.17) is 23.2 Å². The molecular formula is C10H6Cl2N2OS. The van der Waals surface area contributed by atoms with Gasteiger partial charge >= 0.3 is 0 Å². The van der Waals surface area contributed by atoms with Crippen molar-refractivity contribution < 1.29 is 4.79 Å². The van der Waals surface area contributed by atoms with Gasteiger partial charge in [0.1, 0.15) is 11.0 Å². The molecule has 0 N–H and O–H groups in total. The highest BCUT2D eigenvalue weighted by molar-refractivity contribution is 7.19.